The summed E-state index contributed by atoms with van der Waals surface area (Å²) in [4.78, 5) is 0. The van der Waals surface area contributed by atoms with Crippen molar-refractivity contribution in [2.75, 3.05) is 6.54 Å². The standard InChI is InChI=1S/C12H27N/c1-7-8-10(2)9-13-11(3)12(4,5)6/h10-11,13H,7-9H2,1-6H3. The molecule has 80 valence electrons. The molecule has 0 aromatic rings. The van der Waals surface area contributed by atoms with Crippen LogP contribution in [0.5, 0.6) is 0 Å². The van der Waals surface area contributed by atoms with Crippen LogP contribution in [-0.4, -0.2) is 12.6 Å². The van der Waals surface area contributed by atoms with Crippen LogP contribution in [0.4, 0.5) is 0 Å². The fourth-order valence-corrected chi connectivity index (χ4v) is 1.28. The van der Waals surface area contributed by atoms with Crippen LogP contribution in [0.25, 0.3) is 0 Å². The quantitative estimate of drug-likeness (QED) is 0.692. The minimum atomic E-state index is 0.381. The number of hydrogen-bond donors (Lipinski definition) is 1. The molecule has 0 aliphatic heterocycles. The molecule has 1 nitrogen and oxygen atoms in total. The van der Waals surface area contributed by atoms with Crippen molar-refractivity contribution in [2.24, 2.45) is 11.3 Å². The number of nitrogens with one attached hydrogen (secondary N) is 1. The van der Waals surface area contributed by atoms with Gasteiger partial charge in [-0.1, -0.05) is 41.0 Å². The van der Waals surface area contributed by atoms with Gasteiger partial charge in [0.2, 0.25) is 0 Å². The summed E-state index contributed by atoms with van der Waals surface area (Å²) < 4.78 is 0. The second-order valence-electron chi connectivity index (χ2n) is 5.39. The summed E-state index contributed by atoms with van der Waals surface area (Å²) in [7, 11) is 0. The first kappa shape index (κ1) is 13.0. The minimum absolute atomic E-state index is 0.381. The zero-order chi connectivity index (χ0) is 10.5. The van der Waals surface area contributed by atoms with Crippen LogP contribution in [0.1, 0.15) is 54.4 Å². The molecule has 0 aromatic carbocycles. The van der Waals surface area contributed by atoms with Gasteiger partial charge in [-0.05, 0) is 31.2 Å². The highest BCUT2D eigenvalue weighted by Crippen LogP contribution is 2.18. The van der Waals surface area contributed by atoms with E-state index in [1.165, 1.54) is 12.8 Å². The first-order chi connectivity index (χ1) is 5.88. The molecular formula is C12H27N. The molecule has 0 spiro atoms. The van der Waals surface area contributed by atoms with Gasteiger partial charge >= 0.3 is 0 Å². The first-order valence-electron chi connectivity index (χ1n) is 5.61. The van der Waals surface area contributed by atoms with Crippen molar-refractivity contribution in [1.29, 1.82) is 0 Å². The van der Waals surface area contributed by atoms with Crippen LogP contribution in [-0.2, 0) is 0 Å². The summed E-state index contributed by atoms with van der Waals surface area (Å²) in [5.41, 5.74) is 0.381. The third-order valence-electron chi connectivity index (χ3n) is 2.85. The van der Waals surface area contributed by atoms with Gasteiger partial charge in [-0.3, -0.25) is 0 Å². The van der Waals surface area contributed by atoms with E-state index < -0.39 is 0 Å². The Labute approximate surface area is 84.3 Å². The third kappa shape index (κ3) is 6.09. The number of rotatable bonds is 5. The highest BCUT2D eigenvalue weighted by Gasteiger charge is 2.19. The molecule has 0 saturated carbocycles. The van der Waals surface area contributed by atoms with Crippen LogP contribution in [0.3, 0.4) is 0 Å². The van der Waals surface area contributed by atoms with Gasteiger partial charge < -0.3 is 5.32 Å². The van der Waals surface area contributed by atoms with Crippen molar-refractivity contribution in [3.05, 3.63) is 0 Å². The van der Waals surface area contributed by atoms with Gasteiger partial charge in [0.15, 0.2) is 0 Å². The van der Waals surface area contributed by atoms with Crippen LogP contribution in [0.15, 0.2) is 0 Å². The SMILES string of the molecule is CCCC(C)CNC(C)C(C)(C)C. The van der Waals surface area contributed by atoms with Gasteiger partial charge in [-0.25, -0.2) is 0 Å². The summed E-state index contributed by atoms with van der Waals surface area (Å²) in [6.45, 7) is 14.9. The molecule has 13 heavy (non-hydrogen) atoms. The van der Waals surface area contributed by atoms with Crippen LogP contribution in [0, 0.1) is 11.3 Å². The normalized spacial score (nSPS) is 17.1. The molecule has 0 rings (SSSR count). The lowest BCUT2D eigenvalue weighted by molar-refractivity contribution is 0.273. The van der Waals surface area contributed by atoms with Gasteiger partial charge in [-0.2, -0.15) is 0 Å². The van der Waals surface area contributed by atoms with Crippen molar-refractivity contribution in [3.63, 3.8) is 0 Å². The zero-order valence-electron chi connectivity index (χ0n) is 10.3. The van der Waals surface area contributed by atoms with Gasteiger partial charge in [0.05, 0.1) is 0 Å². The monoisotopic (exact) mass is 185 g/mol. The smallest absolute Gasteiger partial charge is 0.00873 e. The molecular weight excluding hydrogens is 158 g/mol. The van der Waals surface area contributed by atoms with E-state index in [0.29, 0.717) is 11.5 Å². The van der Waals surface area contributed by atoms with Gasteiger partial charge in [-0.15, -0.1) is 0 Å². The van der Waals surface area contributed by atoms with E-state index in [9.17, 15) is 0 Å². The van der Waals surface area contributed by atoms with Crippen LogP contribution >= 0.6 is 0 Å². The van der Waals surface area contributed by atoms with Crippen molar-refractivity contribution in [2.45, 2.75) is 60.4 Å². The maximum Gasteiger partial charge on any atom is 0.00873 e. The molecule has 2 unspecified atom stereocenters. The molecule has 0 fully saturated rings. The van der Waals surface area contributed by atoms with E-state index in [1.807, 2.05) is 0 Å². The predicted molar refractivity (Wildman–Crippen MR) is 61.0 cm³/mol. The Bertz CT molecular complexity index is 124. The molecule has 2 atom stereocenters. The average Bonchev–Trinajstić information content (AvgIpc) is 1.99. The fraction of sp³-hybridized carbons (Fsp3) is 1.00. The second-order valence-corrected chi connectivity index (χ2v) is 5.39. The first-order valence-corrected chi connectivity index (χ1v) is 5.61. The topological polar surface area (TPSA) is 12.0 Å². The highest BCUT2D eigenvalue weighted by molar-refractivity contribution is 4.76. The Morgan fingerprint density at radius 3 is 2.08 bits per heavy atom. The lowest BCUT2D eigenvalue weighted by Crippen LogP contribution is -2.39. The second kappa shape index (κ2) is 5.64. The maximum absolute atomic E-state index is 3.61. The Kier molecular flexibility index (Phi) is 5.62. The summed E-state index contributed by atoms with van der Waals surface area (Å²) in [5, 5.41) is 3.61. The van der Waals surface area contributed by atoms with E-state index in [-0.39, 0.29) is 0 Å². The molecule has 0 aromatic heterocycles. The molecule has 0 aliphatic carbocycles. The maximum atomic E-state index is 3.61. The van der Waals surface area contributed by atoms with E-state index >= 15 is 0 Å². The molecule has 0 saturated heterocycles. The summed E-state index contributed by atoms with van der Waals surface area (Å²) in [6.07, 6.45) is 2.64. The van der Waals surface area contributed by atoms with E-state index in [2.05, 4.69) is 46.9 Å². The Balaban J connectivity index is 3.63. The molecule has 0 bridgehead atoms. The van der Waals surface area contributed by atoms with E-state index in [4.69, 9.17) is 0 Å². The Hall–Kier alpha value is -0.0400. The predicted octanol–water partition coefficient (Wildman–Crippen LogP) is 3.45. The third-order valence-corrected chi connectivity index (χ3v) is 2.85. The highest BCUT2D eigenvalue weighted by atomic mass is 14.9. The van der Waals surface area contributed by atoms with Crippen molar-refractivity contribution < 1.29 is 0 Å². The Morgan fingerprint density at radius 1 is 1.15 bits per heavy atom. The van der Waals surface area contributed by atoms with Crippen molar-refractivity contribution in [1.82, 2.24) is 5.32 Å². The Morgan fingerprint density at radius 2 is 1.69 bits per heavy atom. The number of hydrogen-bond acceptors (Lipinski definition) is 1. The molecule has 1 N–H and O–H groups in total. The summed E-state index contributed by atoms with van der Waals surface area (Å²) >= 11 is 0. The molecule has 0 aliphatic rings. The van der Waals surface area contributed by atoms with Crippen molar-refractivity contribution in [3.8, 4) is 0 Å². The van der Waals surface area contributed by atoms with Crippen LogP contribution in [0.2, 0.25) is 0 Å². The van der Waals surface area contributed by atoms with E-state index in [1.54, 1.807) is 0 Å². The average molecular weight is 185 g/mol. The van der Waals surface area contributed by atoms with Gasteiger partial charge in [0, 0.05) is 6.04 Å². The lowest BCUT2D eigenvalue weighted by Gasteiger charge is -2.29. The minimum Gasteiger partial charge on any atom is -0.313 e. The molecule has 0 amide bonds. The largest absolute Gasteiger partial charge is 0.313 e. The summed E-state index contributed by atoms with van der Waals surface area (Å²) in [6, 6.07) is 0.604. The lowest BCUT2D eigenvalue weighted by atomic mass is 9.88. The molecule has 0 heterocycles. The molecule has 1 heteroatoms. The van der Waals surface area contributed by atoms with Gasteiger partial charge in [0.25, 0.3) is 0 Å². The van der Waals surface area contributed by atoms with Crippen molar-refractivity contribution >= 4 is 0 Å². The zero-order valence-corrected chi connectivity index (χ0v) is 10.3. The summed E-state index contributed by atoms with van der Waals surface area (Å²) in [5.74, 6) is 0.815. The molecule has 0 radical (unpaired) electrons. The fourth-order valence-electron chi connectivity index (χ4n) is 1.28. The van der Waals surface area contributed by atoms with Gasteiger partial charge in [0.1, 0.15) is 0 Å². The van der Waals surface area contributed by atoms with Crippen LogP contribution < -0.4 is 5.32 Å². The van der Waals surface area contributed by atoms with E-state index in [0.717, 1.165) is 12.5 Å².